The first-order chi connectivity index (χ1) is 9.93. The fourth-order valence-corrected chi connectivity index (χ4v) is 2.30. The van der Waals surface area contributed by atoms with Gasteiger partial charge in [0.25, 0.3) is 6.43 Å². The largest absolute Gasteiger partial charge is 0.497 e. The average molecular weight is 497 g/mol. The van der Waals surface area contributed by atoms with Crippen LogP contribution < -0.4 is 10.3 Å². The van der Waals surface area contributed by atoms with Crippen molar-refractivity contribution in [3.8, 4) is 17.0 Å². The third kappa shape index (κ3) is 4.32. The van der Waals surface area contributed by atoms with Crippen LogP contribution in [-0.4, -0.2) is 18.1 Å². The van der Waals surface area contributed by atoms with Gasteiger partial charge < -0.3 is 9.30 Å². The number of methoxy groups -OCH3 is 1. The molecule has 0 unspecified atom stereocenters. The molecule has 1 heterocycles. The average Bonchev–Trinajstić information content (AvgIpc) is 2.44. The molecular weight excluding hydrogens is 487 g/mol. The van der Waals surface area contributed by atoms with E-state index in [9.17, 15) is 18.0 Å². The van der Waals surface area contributed by atoms with Crippen molar-refractivity contribution in [1.82, 2.24) is 4.57 Å². The van der Waals surface area contributed by atoms with E-state index in [1.807, 2.05) is 0 Å². The summed E-state index contributed by atoms with van der Waals surface area (Å²) in [5, 5.41) is 0. The molecule has 0 saturated carbocycles. The summed E-state index contributed by atoms with van der Waals surface area (Å²) in [7, 11) is 1.39. The van der Waals surface area contributed by atoms with Crippen LogP contribution in [0, 0.1) is 15.5 Å². The van der Waals surface area contributed by atoms with Crippen molar-refractivity contribution in [2.75, 3.05) is 7.11 Å². The number of ether oxygens (including phenoxy) is 1. The Morgan fingerprint density at radius 1 is 1.41 bits per heavy atom. The molecule has 0 bridgehead atoms. The molecule has 1 aromatic carbocycles. The molecule has 0 fully saturated rings. The second-order valence-corrected chi connectivity index (χ2v) is 5.30. The molecule has 0 aliphatic heterocycles. The van der Waals surface area contributed by atoms with Gasteiger partial charge in [-0.25, -0.2) is 13.2 Å². The zero-order valence-corrected chi connectivity index (χ0v) is 16.4. The first-order valence-corrected chi connectivity index (χ1v) is 6.95. The third-order valence-electron chi connectivity index (χ3n) is 2.81. The molecule has 0 spiro atoms. The summed E-state index contributed by atoms with van der Waals surface area (Å²) >= 11 is 1.73. The molecule has 22 heavy (non-hydrogen) atoms. The third-order valence-corrected chi connectivity index (χ3v) is 3.58. The molecule has 2 rings (SSSR count). The van der Waals surface area contributed by atoms with Gasteiger partial charge in [0.2, 0.25) is 5.56 Å². The van der Waals surface area contributed by atoms with Crippen molar-refractivity contribution >= 4 is 22.6 Å². The number of hydrogen-bond donors (Lipinski definition) is 0. The van der Waals surface area contributed by atoms with E-state index in [4.69, 9.17) is 4.74 Å². The van der Waals surface area contributed by atoms with Crippen LogP contribution in [0.2, 0.25) is 0 Å². The Morgan fingerprint density at radius 3 is 2.64 bits per heavy atom. The fraction of sp³-hybridized carbons (Fsp3) is 0.214. The van der Waals surface area contributed by atoms with E-state index in [2.05, 4.69) is 6.07 Å². The Balaban J connectivity index is 0.00000242. The van der Waals surface area contributed by atoms with E-state index in [0.29, 0.717) is 5.75 Å². The van der Waals surface area contributed by atoms with Crippen molar-refractivity contribution in [3.05, 3.63) is 50.1 Å². The summed E-state index contributed by atoms with van der Waals surface area (Å²) in [4.78, 5) is 12.0. The van der Waals surface area contributed by atoms with Gasteiger partial charge in [0, 0.05) is 38.8 Å². The summed E-state index contributed by atoms with van der Waals surface area (Å²) in [6, 6.07) is 8.02. The number of hydrogen-bond acceptors (Lipinski definition) is 2. The van der Waals surface area contributed by atoms with Gasteiger partial charge in [0.15, 0.2) is 0 Å². The summed E-state index contributed by atoms with van der Waals surface area (Å²) < 4.78 is 45.3. The van der Waals surface area contributed by atoms with Gasteiger partial charge in [-0.2, -0.15) is 12.1 Å². The van der Waals surface area contributed by atoms with Crippen LogP contribution in [0.3, 0.4) is 0 Å². The quantitative estimate of drug-likeness (QED) is 0.480. The molecule has 0 aliphatic carbocycles. The minimum Gasteiger partial charge on any atom is -0.497 e. The van der Waals surface area contributed by atoms with Crippen LogP contribution in [0.1, 0.15) is 0 Å². The monoisotopic (exact) mass is 497 g/mol. The Kier molecular flexibility index (Phi) is 7.54. The van der Waals surface area contributed by atoms with Gasteiger partial charge in [-0.15, -0.1) is 28.7 Å². The summed E-state index contributed by atoms with van der Waals surface area (Å²) in [6.45, 7) is -0.813. The minimum absolute atomic E-state index is 0. The van der Waals surface area contributed by atoms with Gasteiger partial charge >= 0.3 is 0 Å². The fourth-order valence-electron chi connectivity index (χ4n) is 1.85. The molecule has 1 aromatic heterocycles. The van der Waals surface area contributed by atoms with E-state index in [1.165, 1.54) is 25.3 Å². The van der Waals surface area contributed by atoms with Crippen molar-refractivity contribution in [1.29, 1.82) is 0 Å². The SMILES string of the molecule is COc1ccc(-c2[c-]cc(I)c(=O)n2CC(F)F)c(F)c1.[Y]. The minimum atomic E-state index is -2.73. The van der Waals surface area contributed by atoms with E-state index in [-0.39, 0.29) is 47.5 Å². The first-order valence-electron chi connectivity index (χ1n) is 5.87. The maximum Gasteiger partial charge on any atom is 0.256 e. The molecular formula is C14H10F3INO2Y-. The molecule has 3 nitrogen and oxygen atoms in total. The number of benzene rings is 1. The van der Waals surface area contributed by atoms with Crippen molar-refractivity contribution in [2.24, 2.45) is 0 Å². The smallest absolute Gasteiger partial charge is 0.256 e. The maximum absolute atomic E-state index is 14.1. The van der Waals surface area contributed by atoms with Crippen molar-refractivity contribution in [3.63, 3.8) is 0 Å². The predicted octanol–water partition coefficient (Wildman–Crippen LogP) is 3.33. The van der Waals surface area contributed by atoms with Gasteiger partial charge in [0.1, 0.15) is 5.75 Å². The number of alkyl halides is 2. The zero-order chi connectivity index (χ0) is 15.6. The molecule has 1 radical (unpaired) electrons. The Morgan fingerprint density at radius 2 is 2.09 bits per heavy atom. The molecule has 2 aromatic rings. The Hall–Kier alpha value is -0.406. The second-order valence-electron chi connectivity index (χ2n) is 4.14. The van der Waals surface area contributed by atoms with E-state index < -0.39 is 24.3 Å². The Labute approximate surface area is 163 Å². The standard InChI is InChI=1S/C14H10F3INO2.Y/c1-21-8-2-3-9(10(15)6-8)12-5-4-11(18)14(20)19(12)7-13(16)17;/h2-4,6,13H,7H2,1H3;/q-1;. The molecule has 0 aliphatic rings. The molecule has 8 heteroatoms. The van der Waals surface area contributed by atoms with Gasteiger partial charge in [-0.05, 0) is 9.64 Å². The van der Waals surface area contributed by atoms with E-state index in [0.717, 1.165) is 10.6 Å². The normalized spacial score (nSPS) is 10.5. The van der Waals surface area contributed by atoms with E-state index in [1.54, 1.807) is 22.6 Å². The topological polar surface area (TPSA) is 31.2 Å². The number of halogens is 4. The van der Waals surface area contributed by atoms with Gasteiger partial charge in [-0.1, -0.05) is 11.3 Å². The zero-order valence-electron chi connectivity index (χ0n) is 11.4. The van der Waals surface area contributed by atoms with Crippen LogP contribution >= 0.6 is 22.6 Å². The van der Waals surface area contributed by atoms with E-state index >= 15 is 0 Å². The van der Waals surface area contributed by atoms with Gasteiger partial charge in [-0.3, -0.25) is 4.79 Å². The predicted molar refractivity (Wildman–Crippen MR) is 80.2 cm³/mol. The van der Waals surface area contributed by atoms with Crippen molar-refractivity contribution in [2.45, 2.75) is 13.0 Å². The maximum atomic E-state index is 14.1. The summed E-state index contributed by atoms with van der Waals surface area (Å²) in [5.74, 6) is -0.376. The summed E-state index contributed by atoms with van der Waals surface area (Å²) in [5.41, 5.74) is -0.592. The van der Waals surface area contributed by atoms with Crippen LogP contribution in [-0.2, 0) is 39.3 Å². The number of aromatic nitrogens is 1. The molecule has 0 saturated heterocycles. The number of rotatable bonds is 4. The van der Waals surface area contributed by atoms with Crippen LogP contribution in [0.15, 0.2) is 29.1 Å². The molecule has 115 valence electrons. The summed E-state index contributed by atoms with van der Waals surface area (Å²) in [6.07, 6.45) is -2.73. The van der Waals surface area contributed by atoms with Crippen LogP contribution in [0.25, 0.3) is 11.3 Å². The molecule has 0 amide bonds. The molecule has 0 N–H and O–H groups in total. The van der Waals surface area contributed by atoms with Crippen LogP contribution in [0.4, 0.5) is 13.2 Å². The molecule has 0 atom stereocenters. The number of pyridine rings is 1. The van der Waals surface area contributed by atoms with Crippen molar-refractivity contribution < 1.29 is 50.6 Å². The second kappa shape index (κ2) is 8.45. The Bertz CT molecular complexity index is 722. The van der Waals surface area contributed by atoms with Gasteiger partial charge in [0.05, 0.1) is 19.5 Å². The first kappa shape index (κ1) is 19.6. The van der Waals surface area contributed by atoms with Crippen LogP contribution in [0.5, 0.6) is 5.75 Å². The number of nitrogens with zero attached hydrogens (tertiary/aromatic N) is 1.